The average molecular weight is 323 g/mol. The zero-order chi connectivity index (χ0) is 13.9. The van der Waals surface area contributed by atoms with Crippen LogP contribution in [0.2, 0.25) is 0 Å². The van der Waals surface area contributed by atoms with Gasteiger partial charge in [0.2, 0.25) is 0 Å². The first kappa shape index (κ1) is 15.2. The lowest BCUT2D eigenvalue weighted by Gasteiger charge is -2.16. The third-order valence-electron chi connectivity index (χ3n) is 2.91. The van der Waals surface area contributed by atoms with Gasteiger partial charge >= 0.3 is 6.18 Å². The Hall–Kier alpha value is -0.840. The highest BCUT2D eigenvalue weighted by Gasteiger charge is 2.36. The quantitative estimate of drug-likeness (QED) is 0.706. The standard InChI is InChI=1S/C13H14BrF3O/c1-3-8(4-2)12(18)10-6-5-9(14)7-11(10)13(15,16)17/h5-8H,3-4H2,1-2H3. The first-order valence-corrected chi connectivity index (χ1v) is 6.51. The minimum atomic E-state index is -4.51. The molecule has 0 radical (unpaired) electrons. The van der Waals surface area contributed by atoms with Crippen molar-refractivity contribution in [2.45, 2.75) is 32.9 Å². The second-order valence-corrected chi connectivity index (χ2v) is 4.98. The second kappa shape index (κ2) is 5.87. The average Bonchev–Trinajstić information content (AvgIpc) is 2.29. The molecule has 0 aliphatic rings. The van der Waals surface area contributed by atoms with E-state index >= 15 is 0 Å². The van der Waals surface area contributed by atoms with Crippen molar-refractivity contribution in [3.05, 3.63) is 33.8 Å². The molecule has 1 aromatic carbocycles. The molecule has 18 heavy (non-hydrogen) atoms. The normalized spacial score (nSPS) is 11.9. The Bertz CT molecular complexity index is 436. The predicted molar refractivity (Wildman–Crippen MR) is 67.5 cm³/mol. The molecule has 0 spiro atoms. The van der Waals surface area contributed by atoms with Gasteiger partial charge in [-0.1, -0.05) is 29.8 Å². The monoisotopic (exact) mass is 322 g/mol. The van der Waals surface area contributed by atoms with Gasteiger partial charge in [0.1, 0.15) is 0 Å². The van der Waals surface area contributed by atoms with Crippen LogP contribution in [0.25, 0.3) is 0 Å². The number of carbonyl (C=O) groups is 1. The van der Waals surface area contributed by atoms with E-state index < -0.39 is 17.5 Å². The van der Waals surface area contributed by atoms with Crippen LogP contribution < -0.4 is 0 Å². The van der Waals surface area contributed by atoms with Gasteiger partial charge in [0.15, 0.2) is 5.78 Å². The SMILES string of the molecule is CCC(CC)C(=O)c1ccc(Br)cc1C(F)(F)F. The molecule has 0 saturated heterocycles. The molecule has 1 nitrogen and oxygen atoms in total. The summed E-state index contributed by atoms with van der Waals surface area (Å²) >= 11 is 3.00. The van der Waals surface area contributed by atoms with Crippen molar-refractivity contribution in [3.8, 4) is 0 Å². The van der Waals surface area contributed by atoms with Crippen molar-refractivity contribution in [2.24, 2.45) is 5.92 Å². The Morgan fingerprint density at radius 1 is 1.28 bits per heavy atom. The summed E-state index contributed by atoms with van der Waals surface area (Å²) in [5, 5.41) is 0. The number of halogens is 4. The van der Waals surface area contributed by atoms with Gasteiger partial charge in [0.25, 0.3) is 0 Å². The van der Waals surface area contributed by atoms with E-state index in [1.54, 1.807) is 13.8 Å². The Morgan fingerprint density at radius 3 is 2.28 bits per heavy atom. The largest absolute Gasteiger partial charge is 0.417 e. The fourth-order valence-electron chi connectivity index (χ4n) is 1.85. The fourth-order valence-corrected chi connectivity index (χ4v) is 2.21. The molecule has 1 aromatic rings. The van der Waals surface area contributed by atoms with Gasteiger partial charge in [-0.05, 0) is 31.0 Å². The maximum absolute atomic E-state index is 12.9. The Balaban J connectivity index is 3.28. The van der Waals surface area contributed by atoms with Crippen LogP contribution in [0.4, 0.5) is 13.2 Å². The molecule has 0 N–H and O–H groups in total. The van der Waals surface area contributed by atoms with Crippen molar-refractivity contribution < 1.29 is 18.0 Å². The minimum absolute atomic E-state index is 0.237. The lowest BCUT2D eigenvalue weighted by molar-refractivity contribution is -0.138. The van der Waals surface area contributed by atoms with E-state index in [1.165, 1.54) is 12.1 Å². The van der Waals surface area contributed by atoms with Crippen LogP contribution in [0.15, 0.2) is 22.7 Å². The molecule has 1 rings (SSSR count). The van der Waals surface area contributed by atoms with E-state index in [1.807, 2.05) is 0 Å². The molecule has 0 aliphatic carbocycles. The van der Waals surface area contributed by atoms with Gasteiger partial charge in [0, 0.05) is 16.0 Å². The zero-order valence-corrected chi connectivity index (χ0v) is 11.7. The van der Waals surface area contributed by atoms with E-state index in [0.717, 1.165) is 6.07 Å². The second-order valence-electron chi connectivity index (χ2n) is 4.07. The van der Waals surface area contributed by atoms with Gasteiger partial charge in [-0.15, -0.1) is 0 Å². The van der Waals surface area contributed by atoms with Gasteiger partial charge < -0.3 is 0 Å². The van der Waals surface area contributed by atoms with Gasteiger partial charge in [-0.2, -0.15) is 13.2 Å². The predicted octanol–water partition coefficient (Wildman–Crippen LogP) is 5.09. The summed E-state index contributed by atoms with van der Waals surface area (Å²) in [5.41, 5.74) is -1.10. The highest BCUT2D eigenvalue weighted by atomic mass is 79.9. The number of Topliss-reactive ketones (excluding diaryl/α,β-unsaturated/α-hetero) is 1. The number of alkyl halides is 3. The van der Waals surface area contributed by atoms with Crippen molar-refractivity contribution in [1.29, 1.82) is 0 Å². The van der Waals surface area contributed by atoms with E-state index in [2.05, 4.69) is 15.9 Å². The van der Waals surface area contributed by atoms with Gasteiger partial charge in [0.05, 0.1) is 5.56 Å². The topological polar surface area (TPSA) is 17.1 Å². The molecule has 0 amide bonds. The van der Waals surface area contributed by atoms with Crippen LogP contribution in [-0.2, 0) is 6.18 Å². The summed E-state index contributed by atoms with van der Waals surface area (Å²) in [6.45, 7) is 3.61. The number of rotatable bonds is 4. The van der Waals surface area contributed by atoms with Crippen molar-refractivity contribution in [1.82, 2.24) is 0 Å². The highest BCUT2D eigenvalue weighted by molar-refractivity contribution is 9.10. The zero-order valence-electron chi connectivity index (χ0n) is 10.1. The molecule has 0 aliphatic heterocycles. The van der Waals surface area contributed by atoms with Crippen LogP contribution in [0.3, 0.4) is 0 Å². The Kier molecular flexibility index (Phi) is 4.96. The Morgan fingerprint density at radius 2 is 1.83 bits per heavy atom. The molecule has 0 aromatic heterocycles. The molecule has 0 atom stereocenters. The molecular weight excluding hydrogens is 309 g/mol. The van der Waals surface area contributed by atoms with E-state index in [9.17, 15) is 18.0 Å². The summed E-state index contributed by atoms with van der Waals surface area (Å²) in [6, 6.07) is 3.66. The summed E-state index contributed by atoms with van der Waals surface area (Å²) in [7, 11) is 0. The number of ketones is 1. The molecule has 0 unspecified atom stereocenters. The molecule has 0 saturated carbocycles. The van der Waals surface area contributed by atoms with E-state index in [-0.39, 0.29) is 11.5 Å². The molecule has 5 heteroatoms. The first-order valence-electron chi connectivity index (χ1n) is 5.72. The van der Waals surface area contributed by atoms with Crippen LogP contribution >= 0.6 is 15.9 Å². The van der Waals surface area contributed by atoms with Crippen LogP contribution in [0, 0.1) is 5.92 Å². The fraction of sp³-hybridized carbons (Fsp3) is 0.462. The highest BCUT2D eigenvalue weighted by Crippen LogP contribution is 2.35. The maximum Gasteiger partial charge on any atom is 0.417 e. The number of hydrogen-bond acceptors (Lipinski definition) is 1. The molecule has 0 bridgehead atoms. The van der Waals surface area contributed by atoms with Crippen LogP contribution in [-0.4, -0.2) is 5.78 Å². The number of carbonyl (C=O) groups excluding carboxylic acids is 1. The van der Waals surface area contributed by atoms with E-state index in [4.69, 9.17) is 0 Å². The van der Waals surface area contributed by atoms with Crippen LogP contribution in [0.1, 0.15) is 42.6 Å². The minimum Gasteiger partial charge on any atom is -0.294 e. The van der Waals surface area contributed by atoms with Gasteiger partial charge in [-0.3, -0.25) is 4.79 Å². The van der Waals surface area contributed by atoms with Crippen molar-refractivity contribution in [3.63, 3.8) is 0 Å². The summed E-state index contributed by atoms with van der Waals surface area (Å²) in [4.78, 5) is 12.1. The van der Waals surface area contributed by atoms with E-state index in [0.29, 0.717) is 17.3 Å². The Labute approximate surface area is 113 Å². The molecule has 100 valence electrons. The van der Waals surface area contributed by atoms with Crippen LogP contribution in [0.5, 0.6) is 0 Å². The number of benzene rings is 1. The summed E-state index contributed by atoms with van der Waals surface area (Å²) in [5.74, 6) is -0.785. The molecular formula is C13H14BrF3O. The summed E-state index contributed by atoms with van der Waals surface area (Å²) < 4.78 is 39.0. The maximum atomic E-state index is 12.9. The lowest BCUT2D eigenvalue weighted by Crippen LogP contribution is -2.19. The molecule has 0 fully saturated rings. The third kappa shape index (κ3) is 3.34. The molecule has 0 heterocycles. The first-order chi connectivity index (χ1) is 8.31. The van der Waals surface area contributed by atoms with Crippen molar-refractivity contribution >= 4 is 21.7 Å². The van der Waals surface area contributed by atoms with Crippen molar-refractivity contribution in [2.75, 3.05) is 0 Å². The smallest absolute Gasteiger partial charge is 0.294 e. The summed E-state index contributed by atoms with van der Waals surface area (Å²) in [6.07, 6.45) is -3.42. The third-order valence-corrected chi connectivity index (χ3v) is 3.40. The number of hydrogen-bond donors (Lipinski definition) is 0. The lowest BCUT2D eigenvalue weighted by atomic mass is 9.90. The van der Waals surface area contributed by atoms with Gasteiger partial charge in [-0.25, -0.2) is 0 Å².